The van der Waals surface area contributed by atoms with Gasteiger partial charge in [-0.2, -0.15) is 5.26 Å². The van der Waals surface area contributed by atoms with Crippen LogP contribution < -0.4 is 0 Å². The van der Waals surface area contributed by atoms with E-state index in [1.54, 1.807) is 34.8 Å². The summed E-state index contributed by atoms with van der Waals surface area (Å²) in [5, 5.41) is 19.2. The van der Waals surface area contributed by atoms with Crippen LogP contribution in [0.1, 0.15) is 5.56 Å². The second-order valence-electron chi connectivity index (χ2n) is 14.2. The van der Waals surface area contributed by atoms with Crippen molar-refractivity contribution in [3.63, 3.8) is 0 Å². The third-order valence-corrected chi connectivity index (χ3v) is 13.5. The standard InChI is InChI=1S/C49H25F2N3S2/c50-34-14-9-15-35(51)46(34)47-38(53-36-16-5-1-10-28(36)30-20-22-42-44(48(30)53)32-12-3-7-18-40(32)55-42)24-27(26-52)25-39(47)54-37-17-6-2-11-29(37)31-21-23-43-45(49(31)54)33-13-4-8-19-41(33)56-43/h1-25H. The van der Waals surface area contributed by atoms with E-state index in [9.17, 15) is 5.26 Å². The summed E-state index contributed by atoms with van der Waals surface area (Å²) in [6.07, 6.45) is 0. The van der Waals surface area contributed by atoms with Crippen LogP contribution in [0.25, 0.3) is 106 Å². The van der Waals surface area contributed by atoms with E-state index in [-0.39, 0.29) is 5.56 Å². The molecule has 12 aromatic rings. The van der Waals surface area contributed by atoms with Crippen LogP contribution in [0.4, 0.5) is 8.78 Å². The van der Waals surface area contributed by atoms with Crippen LogP contribution in [-0.4, -0.2) is 9.13 Å². The summed E-state index contributed by atoms with van der Waals surface area (Å²) in [6.45, 7) is 0. The lowest BCUT2D eigenvalue weighted by Crippen LogP contribution is -2.07. The molecular formula is C49H25F2N3S2. The van der Waals surface area contributed by atoms with E-state index in [1.165, 1.54) is 18.2 Å². The van der Waals surface area contributed by atoms with Gasteiger partial charge in [0.15, 0.2) is 0 Å². The van der Waals surface area contributed by atoms with E-state index in [0.29, 0.717) is 22.5 Å². The number of thiophene rings is 2. The van der Waals surface area contributed by atoms with Gasteiger partial charge in [-0.1, -0.05) is 91.0 Å². The van der Waals surface area contributed by atoms with E-state index in [0.717, 1.165) is 84.0 Å². The highest BCUT2D eigenvalue weighted by molar-refractivity contribution is 7.26. The molecule has 0 N–H and O–H groups in total. The third-order valence-electron chi connectivity index (χ3n) is 11.3. The Balaban J connectivity index is 1.36. The highest BCUT2D eigenvalue weighted by Crippen LogP contribution is 2.49. The molecule has 262 valence electrons. The van der Waals surface area contributed by atoms with Gasteiger partial charge in [-0.05, 0) is 60.7 Å². The van der Waals surface area contributed by atoms with Gasteiger partial charge >= 0.3 is 0 Å². The predicted octanol–water partition coefficient (Wildman–Crippen LogP) is 14.4. The molecule has 0 atom stereocenters. The fraction of sp³-hybridized carbons (Fsp3) is 0. The number of benzene rings is 8. The van der Waals surface area contributed by atoms with Crippen LogP contribution in [0.5, 0.6) is 0 Å². The van der Waals surface area contributed by atoms with Crippen LogP contribution in [-0.2, 0) is 0 Å². The maximum Gasteiger partial charge on any atom is 0.134 e. The topological polar surface area (TPSA) is 33.6 Å². The number of hydrogen-bond donors (Lipinski definition) is 0. The fourth-order valence-electron chi connectivity index (χ4n) is 9.05. The quantitative estimate of drug-likeness (QED) is 0.177. The molecule has 7 heteroatoms. The maximum absolute atomic E-state index is 16.7. The van der Waals surface area contributed by atoms with Gasteiger partial charge in [0.25, 0.3) is 0 Å². The van der Waals surface area contributed by atoms with Crippen LogP contribution >= 0.6 is 22.7 Å². The van der Waals surface area contributed by atoms with Crippen LogP contribution in [0.2, 0.25) is 0 Å². The maximum atomic E-state index is 16.7. The lowest BCUT2D eigenvalue weighted by Gasteiger charge is -2.22. The molecule has 8 aromatic carbocycles. The van der Waals surface area contributed by atoms with Crippen LogP contribution in [0.3, 0.4) is 0 Å². The molecule has 0 spiro atoms. The number of fused-ring (bicyclic) bond motifs is 14. The summed E-state index contributed by atoms with van der Waals surface area (Å²) >= 11 is 3.44. The Bertz CT molecular complexity index is 3480. The number of nitriles is 1. The van der Waals surface area contributed by atoms with Gasteiger partial charge in [0.2, 0.25) is 0 Å². The Morgan fingerprint density at radius 2 is 0.875 bits per heavy atom. The minimum Gasteiger partial charge on any atom is -0.308 e. The molecule has 3 nitrogen and oxygen atoms in total. The zero-order valence-corrected chi connectivity index (χ0v) is 31.0. The molecule has 0 radical (unpaired) electrons. The molecule has 4 heterocycles. The molecule has 0 aliphatic rings. The van der Waals surface area contributed by atoms with Crippen molar-refractivity contribution in [3.8, 4) is 28.6 Å². The molecule has 4 aromatic heterocycles. The number of aromatic nitrogens is 2. The van der Waals surface area contributed by atoms with Gasteiger partial charge in [0, 0.05) is 67.5 Å². The Morgan fingerprint density at radius 1 is 0.429 bits per heavy atom. The van der Waals surface area contributed by atoms with Crippen molar-refractivity contribution >= 4 is 107 Å². The number of hydrogen-bond acceptors (Lipinski definition) is 3. The van der Waals surface area contributed by atoms with Crippen molar-refractivity contribution in [1.82, 2.24) is 9.13 Å². The summed E-state index contributed by atoms with van der Waals surface area (Å²) in [6, 6.07) is 51.8. The molecule has 0 amide bonds. The monoisotopic (exact) mass is 757 g/mol. The van der Waals surface area contributed by atoms with E-state index < -0.39 is 11.6 Å². The summed E-state index contributed by atoms with van der Waals surface area (Å²) in [5.74, 6) is -1.37. The van der Waals surface area contributed by atoms with Crippen LogP contribution in [0, 0.1) is 23.0 Å². The smallest absolute Gasteiger partial charge is 0.134 e. The Labute approximate surface area is 325 Å². The minimum atomic E-state index is -0.684. The number of rotatable bonds is 3. The van der Waals surface area contributed by atoms with Gasteiger partial charge in [-0.15, -0.1) is 22.7 Å². The summed E-state index contributed by atoms with van der Waals surface area (Å²) in [4.78, 5) is 0. The Morgan fingerprint density at radius 3 is 1.36 bits per heavy atom. The van der Waals surface area contributed by atoms with Gasteiger partial charge in [-0.25, -0.2) is 8.78 Å². The third kappa shape index (κ3) is 4.17. The van der Waals surface area contributed by atoms with Crippen molar-refractivity contribution in [2.45, 2.75) is 0 Å². The first kappa shape index (κ1) is 31.5. The molecule has 0 aliphatic carbocycles. The zero-order chi connectivity index (χ0) is 37.2. The fourth-order valence-corrected chi connectivity index (χ4v) is 11.3. The summed E-state index contributed by atoms with van der Waals surface area (Å²) < 4.78 is 42.2. The second-order valence-corrected chi connectivity index (χ2v) is 16.3. The van der Waals surface area contributed by atoms with Crippen molar-refractivity contribution in [3.05, 3.63) is 169 Å². The Hall–Kier alpha value is -6.85. The molecule has 0 saturated heterocycles. The van der Waals surface area contributed by atoms with Crippen molar-refractivity contribution in [2.75, 3.05) is 0 Å². The van der Waals surface area contributed by atoms with Crippen LogP contribution in [0.15, 0.2) is 152 Å². The predicted molar refractivity (Wildman–Crippen MR) is 231 cm³/mol. The average molecular weight is 758 g/mol. The molecule has 0 saturated carbocycles. The molecule has 56 heavy (non-hydrogen) atoms. The largest absolute Gasteiger partial charge is 0.308 e. The molecular weight excluding hydrogens is 733 g/mol. The van der Waals surface area contributed by atoms with E-state index in [1.807, 2.05) is 48.5 Å². The lowest BCUT2D eigenvalue weighted by atomic mass is 9.96. The highest BCUT2D eigenvalue weighted by atomic mass is 32.1. The molecule has 0 fully saturated rings. The minimum absolute atomic E-state index is 0.149. The van der Waals surface area contributed by atoms with Gasteiger partial charge in [0.05, 0.1) is 50.6 Å². The SMILES string of the molecule is N#Cc1cc(-n2c3ccccc3c3ccc4sc5ccccc5c4c32)c(-c2c(F)cccc2F)c(-n2c3ccccc3c3ccc4sc5ccccc5c4c32)c1. The zero-order valence-electron chi connectivity index (χ0n) is 29.3. The van der Waals surface area contributed by atoms with Crippen molar-refractivity contribution < 1.29 is 8.78 Å². The molecule has 0 bridgehead atoms. The second kappa shape index (κ2) is 11.6. The van der Waals surface area contributed by atoms with Gasteiger partial charge < -0.3 is 9.13 Å². The lowest BCUT2D eigenvalue weighted by molar-refractivity contribution is 0.589. The highest BCUT2D eigenvalue weighted by Gasteiger charge is 2.28. The summed E-state index contributed by atoms with van der Waals surface area (Å²) in [5.41, 5.74) is 5.21. The van der Waals surface area contributed by atoms with Gasteiger partial charge in [0.1, 0.15) is 11.6 Å². The molecule has 0 unspecified atom stereocenters. The summed E-state index contributed by atoms with van der Waals surface area (Å²) in [7, 11) is 0. The first-order valence-electron chi connectivity index (χ1n) is 18.3. The molecule has 12 rings (SSSR count). The normalized spacial score (nSPS) is 12.1. The van der Waals surface area contributed by atoms with Crippen molar-refractivity contribution in [2.24, 2.45) is 0 Å². The number of nitrogens with zero attached hydrogens (tertiary/aromatic N) is 3. The first-order valence-corrected chi connectivity index (χ1v) is 19.9. The molecule has 0 aliphatic heterocycles. The Kier molecular flexibility index (Phi) is 6.51. The number of para-hydroxylation sites is 2. The van der Waals surface area contributed by atoms with Crippen molar-refractivity contribution in [1.29, 1.82) is 5.26 Å². The van der Waals surface area contributed by atoms with E-state index in [2.05, 4.69) is 88.0 Å². The van der Waals surface area contributed by atoms with E-state index in [4.69, 9.17) is 0 Å². The number of halogens is 2. The van der Waals surface area contributed by atoms with Gasteiger partial charge in [-0.3, -0.25) is 0 Å². The average Bonchev–Trinajstić information content (AvgIpc) is 3.98. The first-order chi connectivity index (χ1) is 27.6. The van der Waals surface area contributed by atoms with E-state index >= 15 is 8.78 Å².